The fourth-order valence-electron chi connectivity index (χ4n) is 1.68. The Morgan fingerprint density at radius 2 is 2.17 bits per heavy atom. The highest BCUT2D eigenvalue weighted by Crippen LogP contribution is 2.13. The average molecular weight is 267 g/mol. The van der Waals surface area contributed by atoms with Crippen LogP contribution in [0, 0.1) is 5.82 Å². The zero-order valence-corrected chi connectivity index (χ0v) is 10.1. The van der Waals surface area contributed by atoms with Crippen LogP contribution in [0.1, 0.15) is 11.1 Å². The lowest BCUT2D eigenvalue weighted by atomic mass is 10.1. The van der Waals surface area contributed by atoms with E-state index in [9.17, 15) is 14.0 Å². The molecule has 7 heteroatoms. The molecule has 0 bridgehead atoms. The van der Waals surface area contributed by atoms with Crippen molar-refractivity contribution in [3.05, 3.63) is 35.1 Å². The number of benzene rings is 1. The summed E-state index contributed by atoms with van der Waals surface area (Å²) in [6, 6.07) is 3.52. The number of rotatable bonds is 3. The number of nitrogens with two attached hydrogens (primary N) is 1. The van der Waals surface area contributed by atoms with Gasteiger partial charge in [-0.3, -0.25) is 9.69 Å². The van der Waals surface area contributed by atoms with Gasteiger partial charge in [-0.15, -0.1) is 0 Å². The fourth-order valence-corrected chi connectivity index (χ4v) is 1.80. The number of imide groups is 1. The van der Waals surface area contributed by atoms with Gasteiger partial charge in [0.15, 0.2) is 0 Å². The molecule has 2 rings (SSSR count). The first-order valence-corrected chi connectivity index (χ1v) is 5.55. The number of urea groups is 1. The van der Waals surface area contributed by atoms with Gasteiger partial charge in [-0.2, -0.15) is 0 Å². The van der Waals surface area contributed by atoms with Gasteiger partial charge in [0.25, 0.3) is 0 Å². The molecule has 1 saturated heterocycles. The number of hydrogen-bond acceptors (Lipinski definition) is 3. The van der Waals surface area contributed by atoms with Crippen LogP contribution in [-0.2, 0) is 11.3 Å². The van der Waals surface area contributed by atoms with Gasteiger partial charge in [-0.05, 0) is 23.8 Å². The summed E-state index contributed by atoms with van der Waals surface area (Å²) in [5, 5.41) is 2.38. The first-order valence-electron chi connectivity index (χ1n) is 5.15. The lowest BCUT2D eigenvalue weighted by Gasteiger charge is -2.13. The van der Waals surface area contributed by atoms with Crippen LogP contribution >= 0.6 is 12.2 Å². The Labute approximate surface area is 108 Å². The minimum Gasteiger partial charge on any atom is -0.389 e. The van der Waals surface area contributed by atoms with Gasteiger partial charge in [0, 0.05) is 5.56 Å². The van der Waals surface area contributed by atoms with E-state index in [1.807, 2.05) is 0 Å². The minimum absolute atomic E-state index is 0.00194. The van der Waals surface area contributed by atoms with E-state index in [4.69, 9.17) is 18.0 Å². The minimum atomic E-state index is -0.512. The molecule has 0 aromatic heterocycles. The van der Waals surface area contributed by atoms with Crippen LogP contribution in [0.5, 0.6) is 0 Å². The van der Waals surface area contributed by atoms with Crippen LogP contribution in [0.25, 0.3) is 0 Å². The van der Waals surface area contributed by atoms with E-state index in [1.54, 1.807) is 6.07 Å². The molecule has 0 atom stereocenters. The number of carbonyl (C=O) groups is 2. The summed E-state index contributed by atoms with van der Waals surface area (Å²) in [6.07, 6.45) is 0. The lowest BCUT2D eigenvalue weighted by Crippen LogP contribution is -2.30. The molecule has 1 heterocycles. The van der Waals surface area contributed by atoms with Crippen molar-refractivity contribution < 1.29 is 14.0 Å². The zero-order valence-electron chi connectivity index (χ0n) is 9.27. The Morgan fingerprint density at radius 1 is 1.44 bits per heavy atom. The molecule has 0 unspecified atom stereocenters. The maximum absolute atomic E-state index is 13.3. The number of amides is 3. The molecule has 0 radical (unpaired) electrons. The highest BCUT2D eigenvalue weighted by atomic mass is 32.1. The van der Waals surface area contributed by atoms with Crippen molar-refractivity contribution in [3.8, 4) is 0 Å². The van der Waals surface area contributed by atoms with Gasteiger partial charge < -0.3 is 11.1 Å². The van der Waals surface area contributed by atoms with Gasteiger partial charge in [-0.1, -0.05) is 12.2 Å². The first kappa shape index (κ1) is 12.4. The van der Waals surface area contributed by atoms with E-state index in [0.29, 0.717) is 11.1 Å². The number of nitrogens with zero attached hydrogens (tertiary/aromatic N) is 1. The van der Waals surface area contributed by atoms with Crippen molar-refractivity contribution in [2.24, 2.45) is 5.73 Å². The molecular weight excluding hydrogens is 257 g/mol. The Balaban J connectivity index is 2.26. The van der Waals surface area contributed by atoms with Crippen molar-refractivity contribution >= 4 is 29.1 Å². The Kier molecular flexibility index (Phi) is 3.24. The fraction of sp³-hybridized carbons (Fsp3) is 0.182. The van der Waals surface area contributed by atoms with Crippen LogP contribution < -0.4 is 11.1 Å². The topological polar surface area (TPSA) is 75.4 Å². The van der Waals surface area contributed by atoms with Crippen LogP contribution in [-0.4, -0.2) is 28.4 Å². The number of halogens is 1. The second kappa shape index (κ2) is 4.69. The molecule has 3 N–H and O–H groups in total. The second-order valence-corrected chi connectivity index (χ2v) is 4.29. The first-order chi connectivity index (χ1) is 8.47. The molecule has 0 saturated carbocycles. The molecular formula is C11H10FN3O2S. The van der Waals surface area contributed by atoms with Crippen molar-refractivity contribution in [1.82, 2.24) is 10.2 Å². The van der Waals surface area contributed by atoms with Crippen molar-refractivity contribution in [3.63, 3.8) is 0 Å². The average Bonchev–Trinajstić information content (AvgIpc) is 2.60. The molecule has 0 aliphatic carbocycles. The molecule has 1 aliphatic heterocycles. The number of nitrogens with one attached hydrogen (secondary N) is 1. The SMILES string of the molecule is NC(=S)c1cc(F)cc(CN2C(=O)CNC2=O)c1. The summed E-state index contributed by atoms with van der Waals surface area (Å²) in [6.45, 7) is -0.0334. The van der Waals surface area contributed by atoms with Crippen LogP contribution in [0.15, 0.2) is 18.2 Å². The molecule has 18 heavy (non-hydrogen) atoms. The Hall–Kier alpha value is -2.02. The highest BCUT2D eigenvalue weighted by molar-refractivity contribution is 7.80. The second-order valence-electron chi connectivity index (χ2n) is 3.85. The third-order valence-electron chi connectivity index (χ3n) is 2.52. The van der Waals surface area contributed by atoms with Crippen molar-refractivity contribution in [2.45, 2.75) is 6.54 Å². The number of carbonyl (C=O) groups excluding carboxylic acids is 2. The van der Waals surface area contributed by atoms with E-state index < -0.39 is 11.8 Å². The van der Waals surface area contributed by atoms with E-state index in [0.717, 1.165) is 4.90 Å². The van der Waals surface area contributed by atoms with E-state index in [1.165, 1.54) is 12.1 Å². The predicted octanol–water partition coefficient (Wildman–Crippen LogP) is 0.512. The quantitative estimate of drug-likeness (QED) is 0.618. The molecule has 94 valence electrons. The van der Waals surface area contributed by atoms with Gasteiger partial charge in [0.05, 0.1) is 13.1 Å². The van der Waals surface area contributed by atoms with Crippen molar-refractivity contribution in [2.75, 3.05) is 6.54 Å². The predicted molar refractivity (Wildman–Crippen MR) is 66.2 cm³/mol. The van der Waals surface area contributed by atoms with E-state index in [-0.39, 0.29) is 24.0 Å². The highest BCUT2D eigenvalue weighted by Gasteiger charge is 2.28. The van der Waals surface area contributed by atoms with Crippen LogP contribution in [0.4, 0.5) is 9.18 Å². The molecule has 1 aliphatic rings. The zero-order chi connectivity index (χ0) is 13.3. The molecule has 1 aromatic rings. The Bertz CT molecular complexity index is 531. The largest absolute Gasteiger partial charge is 0.389 e. The normalized spacial score (nSPS) is 14.8. The van der Waals surface area contributed by atoms with Gasteiger partial charge >= 0.3 is 6.03 Å². The molecule has 1 fully saturated rings. The summed E-state index contributed by atoms with van der Waals surface area (Å²) in [7, 11) is 0. The van der Waals surface area contributed by atoms with E-state index in [2.05, 4.69) is 5.32 Å². The van der Waals surface area contributed by atoms with Crippen molar-refractivity contribution in [1.29, 1.82) is 0 Å². The van der Waals surface area contributed by atoms with Gasteiger partial charge in [-0.25, -0.2) is 9.18 Å². The Morgan fingerprint density at radius 3 is 2.72 bits per heavy atom. The standard InChI is InChI=1S/C11H10FN3O2S/c12-8-2-6(1-7(3-8)10(13)18)5-15-9(16)4-14-11(15)17/h1-3H,4-5H2,(H2,13,18)(H,14,17). The smallest absolute Gasteiger partial charge is 0.324 e. The summed E-state index contributed by atoms with van der Waals surface area (Å²) >= 11 is 4.76. The molecule has 3 amide bonds. The summed E-state index contributed by atoms with van der Waals surface area (Å²) < 4.78 is 13.3. The van der Waals surface area contributed by atoms with Crippen LogP contribution in [0.3, 0.4) is 0 Å². The maximum Gasteiger partial charge on any atom is 0.324 e. The summed E-state index contributed by atoms with van der Waals surface area (Å²) in [5.74, 6) is -0.858. The lowest BCUT2D eigenvalue weighted by molar-refractivity contribution is -0.125. The third-order valence-corrected chi connectivity index (χ3v) is 2.76. The van der Waals surface area contributed by atoms with Gasteiger partial charge in [0.1, 0.15) is 10.8 Å². The number of hydrogen-bond donors (Lipinski definition) is 2. The monoisotopic (exact) mass is 267 g/mol. The van der Waals surface area contributed by atoms with Crippen LogP contribution in [0.2, 0.25) is 0 Å². The molecule has 1 aromatic carbocycles. The maximum atomic E-state index is 13.3. The molecule has 5 nitrogen and oxygen atoms in total. The summed E-state index contributed by atoms with van der Waals surface area (Å²) in [4.78, 5) is 23.8. The third kappa shape index (κ3) is 2.45. The summed E-state index contributed by atoms with van der Waals surface area (Å²) in [5.41, 5.74) is 6.25. The number of thiocarbonyl (C=S) groups is 1. The van der Waals surface area contributed by atoms with Gasteiger partial charge in [0.2, 0.25) is 5.91 Å². The molecule has 0 spiro atoms. The van der Waals surface area contributed by atoms with E-state index >= 15 is 0 Å².